The zero-order valence-electron chi connectivity index (χ0n) is 6.86. The second-order valence-electron chi connectivity index (χ2n) is 2.04. The highest BCUT2D eigenvalue weighted by Gasteiger charge is 2.13. The highest BCUT2D eigenvalue weighted by atomic mass is 16.7. The zero-order chi connectivity index (χ0) is 11.1. The lowest BCUT2D eigenvalue weighted by atomic mass is 10.4. The topological polar surface area (TPSA) is 151 Å². The van der Waals surface area contributed by atoms with Crippen molar-refractivity contribution in [3.63, 3.8) is 0 Å². The predicted molar refractivity (Wildman–Crippen MR) is 43.4 cm³/mol. The molecule has 0 aromatic rings. The summed E-state index contributed by atoms with van der Waals surface area (Å²) in [6, 6.07) is 0. The van der Waals surface area contributed by atoms with E-state index in [0.717, 1.165) is 0 Å². The van der Waals surface area contributed by atoms with Crippen molar-refractivity contribution >= 4 is 11.9 Å². The number of hydrogen-bond acceptors (Lipinski definition) is 5. The lowest BCUT2D eigenvalue weighted by Gasteiger charge is -2.08. The highest BCUT2D eigenvalue weighted by molar-refractivity contribution is 5.77. The summed E-state index contributed by atoms with van der Waals surface area (Å²) in [7, 11) is 0. The summed E-state index contributed by atoms with van der Waals surface area (Å²) in [4.78, 5) is 29.9. The van der Waals surface area contributed by atoms with Gasteiger partial charge in [-0.1, -0.05) is 0 Å². The number of carboxylic acid groups (broad SMARTS) is 1. The molecule has 0 aliphatic rings. The average Bonchev–Trinajstić information content (AvgIpc) is 2.03. The van der Waals surface area contributed by atoms with E-state index in [0.29, 0.717) is 5.01 Å². The average molecular weight is 205 g/mol. The van der Waals surface area contributed by atoms with Crippen LogP contribution in [-0.4, -0.2) is 33.6 Å². The lowest BCUT2D eigenvalue weighted by molar-refractivity contribution is -0.485. The van der Waals surface area contributed by atoms with Crippen LogP contribution >= 0.6 is 0 Å². The van der Waals surface area contributed by atoms with Gasteiger partial charge in [0.1, 0.15) is 5.10 Å². The molecule has 0 radical (unpaired) electrons. The van der Waals surface area contributed by atoms with Gasteiger partial charge in [0.25, 0.3) is 5.96 Å². The second kappa shape index (κ2) is 5.40. The number of nitroso groups, excluding NO2 is 1. The number of nitro groups is 1. The smallest absolute Gasteiger partial charge is 0.305 e. The van der Waals surface area contributed by atoms with Crippen LogP contribution in [0.25, 0.3) is 0 Å². The second-order valence-corrected chi connectivity index (χ2v) is 2.04. The maximum atomic E-state index is 10.1. The van der Waals surface area contributed by atoms with Crippen LogP contribution < -0.4 is 5.73 Å². The van der Waals surface area contributed by atoms with E-state index < -0.39 is 23.4 Å². The Bertz CT molecular complexity index is 275. The molecule has 78 valence electrons. The standard InChI is InChI=1S/C4H7N5O5/c5-4(6-9(13)14)8(7-12)2-1-3(10)11/h1-2H2,(H2,5,6)(H,10,11). The van der Waals surface area contributed by atoms with Crippen molar-refractivity contribution in [2.24, 2.45) is 16.1 Å². The van der Waals surface area contributed by atoms with Gasteiger partial charge in [-0.15, -0.1) is 4.91 Å². The molecule has 0 fully saturated rings. The molecule has 10 nitrogen and oxygen atoms in total. The van der Waals surface area contributed by atoms with Crippen LogP contribution in [0.5, 0.6) is 0 Å². The highest BCUT2D eigenvalue weighted by Crippen LogP contribution is 1.92. The van der Waals surface area contributed by atoms with Crippen LogP contribution in [-0.2, 0) is 4.79 Å². The molecule has 0 aromatic carbocycles. The first kappa shape index (κ1) is 11.7. The van der Waals surface area contributed by atoms with Crippen LogP contribution in [0.1, 0.15) is 6.42 Å². The van der Waals surface area contributed by atoms with Crippen molar-refractivity contribution in [3.8, 4) is 0 Å². The SMILES string of the molecule is N/C(=N/[N+](=O)[O-])N(CCC(=O)O)N=O. The lowest BCUT2D eigenvalue weighted by Crippen LogP contribution is -2.35. The number of carboxylic acids is 1. The van der Waals surface area contributed by atoms with Gasteiger partial charge in [0.2, 0.25) is 0 Å². The molecule has 3 N–H and O–H groups in total. The Morgan fingerprint density at radius 2 is 2.21 bits per heavy atom. The maximum absolute atomic E-state index is 10.1. The number of nitrogens with two attached hydrogens (primary N) is 1. The quantitative estimate of drug-likeness (QED) is 0.191. The Labute approximate surface area is 77.1 Å². The van der Waals surface area contributed by atoms with Crippen LogP contribution in [0.15, 0.2) is 10.4 Å². The van der Waals surface area contributed by atoms with Crippen molar-refractivity contribution in [2.75, 3.05) is 6.54 Å². The van der Waals surface area contributed by atoms with Gasteiger partial charge in [-0.25, -0.2) is 10.1 Å². The van der Waals surface area contributed by atoms with E-state index in [1.807, 2.05) is 0 Å². The number of aliphatic carboxylic acids is 1. The summed E-state index contributed by atoms with van der Waals surface area (Å²) in [6.45, 7) is -0.373. The van der Waals surface area contributed by atoms with E-state index in [1.54, 1.807) is 0 Å². The van der Waals surface area contributed by atoms with Crippen molar-refractivity contribution in [1.82, 2.24) is 5.01 Å². The van der Waals surface area contributed by atoms with Gasteiger partial charge in [-0.05, 0) is 0 Å². The van der Waals surface area contributed by atoms with Crippen molar-refractivity contribution < 1.29 is 14.9 Å². The Kier molecular flexibility index (Phi) is 4.53. The maximum Gasteiger partial charge on any atom is 0.305 e. The molecule has 0 spiro atoms. The molecule has 0 saturated heterocycles. The fraction of sp³-hybridized carbons (Fsp3) is 0.500. The summed E-state index contributed by atoms with van der Waals surface area (Å²) in [5, 5.41) is 22.2. The number of carbonyl (C=O) groups is 1. The van der Waals surface area contributed by atoms with E-state index >= 15 is 0 Å². The largest absolute Gasteiger partial charge is 0.481 e. The van der Waals surface area contributed by atoms with Crippen LogP contribution in [0.2, 0.25) is 0 Å². The molecule has 0 aromatic heterocycles. The molecule has 14 heavy (non-hydrogen) atoms. The fourth-order valence-electron chi connectivity index (χ4n) is 0.534. The van der Waals surface area contributed by atoms with E-state index in [-0.39, 0.29) is 6.54 Å². The monoisotopic (exact) mass is 205 g/mol. The van der Waals surface area contributed by atoms with Crippen LogP contribution in [0.4, 0.5) is 0 Å². The Morgan fingerprint density at radius 3 is 2.57 bits per heavy atom. The van der Waals surface area contributed by atoms with E-state index in [9.17, 15) is 19.8 Å². The Morgan fingerprint density at radius 1 is 1.64 bits per heavy atom. The van der Waals surface area contributed by atoms with Gasteiger partial charge in [-0.3, -0.25) is 4.79 Å². The first-order valence-corrected chi connectivity index (χ1v) is 3.28. The van der Waals surface area contributed by atoms with Crippen molar-refractivity contribution in [1.29, 1.82) is 0 Å². The molecule has 0 rings (SSSR count). The first-order valence-electron chi connectivity index (χ1n) is 3.28. The van der Waals surface area contributed by atoms with Crippen molar-refractivity contribution in [3.05, 3.63) is 15.0 Å². The van der Waals surface area contributed by atoms with Gasteiger partial charge >= 0.3 is 5.97 Å². The predicted octanol–water partition coefficient (Wildman–Crippen LogP) is -1.05. The molecule has 0 amide bonds. The number of hydrazone groups is 1. The minimum atomic E-state index is -1.19. The molecule has 10 heteroatoms. The molecular weight excluding hydrogens is 198 g/mol. The third kappa shape index (κ3) is 4.58. The number of nitrogens with zero attached hydrogens (tertiary/aromatic N) is 4. The Hall–Kier alpha value is -2.26. The number of rotatable bonds is 5. The molecule has 0 aliphatic heterocycles. The van der Waals surface area contributed by atoms with Gasteiger partial charge < -0.3 is 10.8 Å². The minimum Gasteiger partial charge on any atom is -0.481 e. The molecule has 0 bridgehead atoms. The summed E-state index contributed by atoms with van der Waals surface area (Å²) in [5.41, 5.74) is 4.96. The summed E-state index contributed by atoms with van der Waals surface area (Å²) < 4.78 is 0. The number of guanidine groups is 1. The molecule has 0 aliphatic carbocycles. The molecule has 0 unspecified atom stereocenters. The third-order valence-corrected chi connectivity index (χ3v) is 1.08. The Balaban J connectivity index is 4.33. The summed E-state index contributed by atoms with van der Waals surface area (Å²) in [6.07, 6.45) is -0.431. The molecular formula is C4H7N5O5. The van der Waals surface area contributed by atoms with Gasteiger partial charge in [-0.2, -0.15) is 5.01 Å². The molecule has 0 saturated carbocycles. The van der Waals surface area contributed by atoms with E-state index in [4.69, 9.17) is 10.8 Å². The van der Waals surface area contributed by atoms with Gasteiger partial charge in [0.15, 0.2) is 5.03 Å². The van der Waals surface area contributed by atoms with Gasteiger partial charge in [0.05, 0.1) is 18.3 Å². The third-order valence-electron chi connectivity index (χ3n) is 1.08. The van der Waals surface area contributed by atoms with Crippen molar-refractivity contribution in [2.45, 2.75) is 6.42 Å². The van der Waals surface area contributed by atoms with E-state index in [1.165, 1.54) is 0 Å². The first-order chi connectivity index (χ1) is 6.47. The number of hydrogen-bond donors (Lipinski definition) is 2. The van der Waals surface area contributed by atoms with Crippen LogP contribution in [0, 0.1) is 15.0 Å². The minimum absolute atomic E-state index is 0.373. The van der Waals surface area contributed by atoms with Crippen LogP contribution in [0.3, 0.4) is 0 Å². The molecule has 0 atom stereocenters. The molecule has 0 heterocycles. The normalized spacial score (nSPS) is 10.7. The zero-order valence-corrected chi connectivity index (χ0v) is 6.86. The summed E-state index contributed by atoms with van der Waals surface area (Å²) in [5.74, 6) is -1.95. The summed E-state index contributed by atoms with van der Waals surface area (Å²) >= 11 is 0. The van der Waals surface area contributed by atoms with Gasteiger partial charge in [0, 0.05) is 0 Å². The van der Waals surface area contributed by atoms with E-state index in [2.05, 4.69) is 10.4 Å². The fourth-order valence-corrected chi connectivity index (χ4v) is 0.534.